The first-order valence-corrected chi connectivity index (χ1v) is 24.5. The first-order valence-electron chi connectivity index (χ1n) is 10.1. The molecule has 0 aliphatic rings. The molecule has 0 saturated heterocycles. The maximum absolute atomic E-state index is 6.36. The Balaban J connectivity index is 3.68. The summed E-state index contributed by atoms with van der Waals surface area (Å²) in [7, 11) is -5.84. The van der Waals surface area contributed by atoms with Gasteiger partial charge in [0.15, 0.2) is 0 Å². The molecule has 0 N–H and O–H groups in total. The summed E-state index contributed by atoms with van der Waals surface area (Å²) >= 11 is 50.7. The van der Waals surface area contributed by atoms with Crippen molar-refractivity contribution in [2.24, 2.45) is 0 Å². The smallest absolute Gasteiger partial charge is 0.146 e. The first-order chi connectivity index (χ1) is 14.3. The van der Waals surface area contributed by atoms with Crippen LogP contribution in [-0.4, -0.2) is 29.7 Å². The zero-order valence-corrected chi connectivity index (χ0v) is 28.3. The molecule has 0 heterocycles. The Labute approximate surface area is 232 Å². The van der Waals surface area contributed by atoms with Gasteiger partial charge in [0.05, 0.1) is 0 Å². The minimum Gasteiger partial charge on any atom is -0.146 e. The van der Waals surface area contributed by atoms with E-state index in [4.69, 9.17) is 88.6 Å². The number of halogens is 8. The molecule has 12 heteroatoms. The highest BCUT2D eigenvalue weighted by Gasteiger charge is 2.28. The van der Waals surface area contributed by atoms with E-state index in [0.29, 0.717) is 0 Å². The molecule has 0 aromatic heterocycles. The van der Waals surface area contributed by atoms with Crippen molar-refractivity contribution in [2.75, 3.05) is 0 Å². The van der Waals surface area contributed by atoms with Crippen molar-refractivity contribution in [3.63, 3.8) is 0 Å². The highest BCUT2D eigenvalue weighted by molar-refractivity contribution is 7.35. The van der Waals surface area contributed by atoms with Crippen molar-refractivity contribution in [1.82, 2.24) is 0 Å². The highest BCUT2D eigenvalue weighted by Crippen LogP contribution is 2.38. The molecule has 4 unspecified atom stereocenters. The third-order valence-corrected chi connectivity index (χ3v) is 18.3. The molecule has 1 aromatic carbocycles. The van der Waals surface area contributed by atoms with E-state index in [1.54, 1.807) is 0 Å². The normalized spacial score (nSPS) is 16.4. The van der Waals surface area contributed by atoms with E-state index in [2.05, 4.69) is 40.7 Å². The molecule has 0 amide bonds. The second-order valence-corrected chi connectivity index (χ2v) is 26.7. The van der Waals surface area contributed by atoms with Gasteiger partial charge in [-0.05, 0) is 82.6 Å². The van der Waals surface area contributed by atoms with Gasteiger partial charge < -0.3 is 0 Å². The molecule has 0 nitrogen and oxygen atoms in total. The monoisotopic (exact) mass is 648 g/mol. The summed E-state index contributed by atoms with van der Waals surface area (Å²) in [6, 6.07) is 2.28. The molecule has 31 heavy (non-hydrogen) atoms. The van der Waals surface area contributed by atoms with Crippen LogP contribution >= 0.6 is 88.6 Å². The number of hydrogen-bond donors (Lipinski definition) is 0. The largest absolute Gasteiger partial charge is 0.277 e. The van der Waals surface area contributed by atoms with Crippen LogP contribution in [0.2, 0.25) is 22.2 Å². The molecule has 0 saturated carbocycles. The molecule has 0 aliphatic heterocycles. The zero-order chi connectivity index (χ0) is 24.0. The lowest BCUT2D eigenvalue weighted by atomic mass is 9.84. The second kappa shape index (κ2) is 14.8. The minimum absolute atomic E-state index is 0.192. The summed E-state index contributed by atoms with van der Waals surface area (Å²) in [5.41, 5.74) is 7.24. The van der Waals surface area contributed by atoms with Crippen LogP contribution in [0.3, 0.4) is 0 Å². The van der Waals surface area contributed by atoms with Gasteiger partial charge in [0, 0.05) is 0 Å². The van der Waals surface area contributed by atoms with E-state index in [9.17, 15) is 0 Å². The lowest BCUT2D eigenvalue weighted by Gasteiger charge is -2.27. The SMILES string of the molecule is Cc1cc(CC(C)[Si](Cl)Cl)c(CC(C)[Si](Cl)Cl)c(CC(C)[Si](Cl)Cl)c1CC(C)[Si](Cl)Cl. The van der Waals surface area contributed by atoms with Crippen molar-refractivity contribution in [2.45, 2.75) is 82.5 Å². The van der Waals surface area contributed by atoms with E-state index in [1.807, 2.05) is 0 Å². The Morgan fingerprint density at radius 3 is 1.26 bits per heavy atom. The Morgan fingerprint density at radius 1 is 0.548 bits per heavy atom. The van der Waals surface area contributed by atoms with Gasteiger partial charge in [-0.2, -0.15) is 0 Å². The van der Waals surface area contributed by atoms with Crippen LogP contribution in [0.4, 0.5) is 0 Å². The van der Waals surface area contributed by atoms with E-state index in [-0.39, 0.29) is 22.2 Å². The Morgan fingerprint density at radius 2 is 0.871 bits per heavy atom. The van der Waals surface area contributed by atoms with Gasteiger partial charge in [0.1, 0.15) is 0 Å². The minimum atomic E-state index is -1.48. The maximum atomic E-state index is 6.36. The fourth-order valence-electron chi connectivity index (χ4n) is 3.57. The predicted octanol–water partition coefficient (Wildman–Crippen LogP) is 9.59. The molecule has 0 bridgehead atoms. The highest BCUT2D eigenvalue weighted by atomic mass is 35.7. The van der Waals surface area contributed by atoms with Gasteiger partial charge in [-0.25, -0.2) is 0 Å². The van der Waals surface area contributed by atoms with E-state index in [1.165, 1.54) is 27.8 Å². The fraction of sp³-hybridized carbons (Fsp3) is 0.684. The molecule has 1 aromatic rings. The first kappa shape index (κ1) is 31.4. The molecule has 4 atom stereocenters. The lowest BCUT2D eigenvalue weighted by Crippen LogP contribution is -2.19. The zero-order valence-electron chi connectivity index (χ0n) is 18.2. The molecule has 4 radical (unpaired) electrons. The molecule has 0 aliphatic carbocycles. The summed E-state index contributed by atoms with van der Waals surface area (Å²) in [5, 5.41) is 0. The Hall–Kier alpha value is 2.41. The maximum Gasteiger partial charge on any atom is 0.277 e. The molecular formula is C19H28Cl8Si4. The van der Waals surface area contributed by atoms with Crippen LogP contribution in [0.15, 0.2) is 6.07 Å². The summed E-state index contributed by atoms with van der Waals surface area (Å²) < 4.78 is 0. The van der Waals surface area contributed by atoms with Crippen LogP contribution in [0, 0.1) is 6.92 Å². The number of aryl methyl sites for hydroxylation is 1. The van der Waals surface area contributed by atoms with Gasteiger partial charge in [-0.1, -0.05) is 33.8 Å². The second-order valence-electron chi connectivity index (χ2n) is 8.37. The average molecular weight is 652 g/mol. The van der Waals surface area contributed by atoms with Crippen LogP contribution in [0.5, 0.6) is 0 Å². The number of hydrogen-bond acceptors (Lipinski definition) is 0. The van der Waals surface area contributed by atoms with Crippen molar-refractivity contribution in [1.29, 1.82) is 0 Å². The summed E-state index contributed by atoms with van der Waals surface area (Å²) in [4.78, 5) is 0. The van der Waals surface area contributed by atoms with Gasteiger partial charge in [0.2, 0.25) is 0 Å². The predicted molar refractivity (Wildman–Crippen MR) is 154 cm³/mol. The van der Waals surface area contributed by atoms with E-state index < -0.39 is 29.7 Å². The van der Waals surface area contributed by atoms with E-state index >= 15 is 0 Å². The lowest BCUT2D eigenvalue weighted by molar-refractivity contribution is 0.788. The quantitative estimate of drug-likeness (QED) is 0.156. The van der Waals surface area contributed by atoms with E-state index in [0.717, 1.165) is 25.7 Å². The molecule has 0 spiro atoms. The van der Waals surface area contributed by atoms with Gasteiger partial charge in [0.25, 0.3) is 29.7 Å². The Bertz CT molecular complexity index is 702. The van der Waals surface area contributed by atoms with Crippen molar-refractivity contribution in [3.05, 3.63) is 33.9 Å². The summed E-state index contributed by atoms with van der Waals surface area (Å²) in [5.74, 6) is 0. The van der Waals surface area contributed by atoms with Gasteiger partial charge in [-0.3, -0.25) is 0 Å². The fourth-order valence-corrected chi connectivity index (χ4v) is 6.87. The number of benzene rings is 1. The molecule has 1 rings (SSSR count). The third kappa shape index (κ3) is 10.1. The van der Waals surface area contributed by atoms with Crippen molar-refractivity contribution < 1.29 is 0 Å². The van der Waals surface area contributed by atoms with Gasteiger partial charge >= 0.3 is 0 Å². The molecular weight excluding hydrogens is 624 g/mol. The van der Waals surface area contributed by atoms with Crippen LogP contribution in [-0.2, 0) is 25.7 Å². The average Bonchev–Trinajstić information content (AvgIpc) is 2.66. The molecule has 0 fully saturated rings. The van der Waals surface area contributed by atoms with Crippen LogP contribution in [0.25, 0.3) is 0 Å². The van der Waals surface area contributed by atoms with Crippen LogP contribution < -0.4 is 0 Å². The summed E-state index contributed by atoms with van der Waals surface area (Å²) in [6.45, 7) is 10.6. The van der Waals surface area contributed by atoms with Gasteiger partial charge in [-0.15, -0.1) is 88.6 Å². The Kier molecular flexibility index (Phi) is 15.1. The van der Waals surface area contributed by atoms with Crippen LogP contribution in [0.1, 0.15) is 55.5 Å². The third-order valence-electron chi connectivity index (χ3n) is 5.53. The summed E-state index contributed by atoms with van der Waals surface area (Å²) in [6.07, 6.45) is 3.28. The van der Waals surface area contributed by atoms with Crippen molar-refractivity contribution in [3.8, 4) is 0 Å². The number of rotatable bonds is 12. The standard InChI is InChI=1S/C19H28Cl8Si4/c1-11-6-16(7-12(2)28(20)21)18(9-14(4)30(24)25)19(10-15(5)31(26)27)17(11)8-13(3)29(22)23/h6,12-15H,7-10H2,1-5H3. The van der Waals surface area contributed by atoms with Crippen molar-refractivity contribution >= 4 is 118 Å². The topological polar surface area (TPSA) is 0 Å². The molecule has 176 valence electrons.